The molecule has 0 bridgehead atoms. The van der Waals surface area contributed by atoms with Crippen LogP contribution in [0.3, 0.4) is 0 Å². The lowest BCUT2D eigenvalue weighted by atomic mass is 9.76. The first kappa shape index (κ1) is 16.3. The molecule has 1 amide bonds. The van der Waals surface area contributed by atoms with Gasteiger partial charge in [0.15, 0.2) is 0 Å². The molecule has 0 saturated carbocycles. The maximum atomic E-state index is 12.6. The van der Waals surface area contributed by atoms with E-state index in [9.17, 15) is 4.79 Å². The second-order valence-corrected chi connectivity index (χ2v) is 6.61. The Morgan fingerprint density at radius 3 is 2.57 bits per heavy atom. The van der Waals surface area contributed by atoms with Crippen LogP contribution in [-0.4, -0.2) is 57.4 Å². The van der Waals surface area contributed by atoms with E-state index < -0.39 is 0 Å². The predicted molar refractivity (Wildman–Crippen MR) is 86.8 cm³/mol. The lowest BCUT2D eigenvalue weighted by Gasteiger charge is -2.38. The minimum atomic E-state index is 0.106. The van der Waals surface area contributed by atoms with Crippen LogP contribution < -0.4 is 4.74 Å². The highest BCUT2D eigenvalue weighted by Gasteiger charge is 2.43. The van der Waals surface area contributed by atoms with Crippen LogP contribution >= 0.6 is 0 Å². The number of nitrogens with zero attached hydrogens (tertiary/aromatic N) is 1. The minimum Gasteiger partial charge on any atom is -0.497 e. The molecule has 1 spiro atoms. The van der Waals surface area contributed by atoms with E-state index in [4.69, 9.17) is 14.2 Å². The Kier molecular flexibility index (Phi) is 4.87. The predicted octanol–water partition coefficient (Wildman–Crippen LogP) is 2.35. The molecule has 126 valence electrons. The first-order valence-electron chi connectivity index (χ1n) is 8.20. The van der Waals surface area contributed by atoms with Gasteiger partial charge in [0.1, 0.15) is 5.75 Å². The van der Waals surface area contributed by atoms with E-state index in [0.717, 1.165) is 50.3 Å². The Balaban J connectivity index is 1.57. The Bertz CT molecular complexity index is 534. The number of likely N-dealkylation sites (tertiary alicyclic amines) is 1. The normalized spacial score (nSPS) is 23.2. The average Bonchev–Trinajstić information content (AvgIpc) is 2.98. The van der Waals surface area contributed by atoms with Crippen molar-refractivity contribution in [3.05, 3.63) is 29.8 Å². The number of piperidine rings is 1. The number of hydrogen-bond acceptors (Lipinski definition) is 4. The molecular weight excluding hydrogens is 294 g/mol. The lowest BCUT2D eigenvalue weighted by molar-refractivity contribution is 0.0281. The summed E-state index contributed by atoms with van der Waals surface area (Å²) in [6, 6.07) is 7.33. The molecule has 2 heterocycles. The van der Waals surface area contributed by atoms with Crippen LogP contribution in [0.4, 0.5) is 0 Å². The second-order valence-electron chi connectivity index (χ2n) is 6.61. The molecule has 0 radical (unpaired) electrons. The van der Waals surface area contributed by atoms with E-state index in [1.807, 2.05) is 29.2 Å². The summed E-state index contributed by atoms with van der Waals surface area (Å²) in [5.41, 5.74) is 0.960. The Labute approximate surface area is 137 Å². The highest BCUT2D eigenvalue weighted by molar-refractivity contribution is 5.94. The summed E-state index contributed by atoms with van der Waals surface area (Å²) >= 11 is 0. The van der Waals surface area contributed by atoms with Crippen molar-refractivity contribution in [3.8, 4) is 5.75 Å². The Morgan fingerprint density at radius 1 is 1.26 bits per heavy atom. The molecule has 5 nitrogen and oxygen atoms in total. The molecule has 2 aliphatic rings. The maximum Gasteiger partial charge on any atom is 0.253 e. The van der Waals surface area contributed by atoms with Crippen molar-refractivity contribution in [2.45, 2.75) is 25.4 Å². The molecule has 1 aromatic rings. The summed E-state index contributed by atoms with van der Waals surface area (Å²) in [6.07, 6.45) is 3.28. The summed E-state index contributed by atoms with van der Waals surface area (Å²) in [5, 5.41) is 0. The van der Waals surface area contributed by atoms with E-state index >= 15 is 0 Å². The van der Waals surface area contributed by atoms with Crippen LogP contribution in [0, 0.1) is 5.41 Å². The van der Waals surface area contributed by atoms with Crippen molar-refractivity contribution in [3.63, 3.8) is 0 Å². The fraction of sp³-hybridized carbons (Fsp3) is 0.611. The number of rotatable bonds is 4. The molecule has 0 unspecified atom stereocenters. The van der Waals surface area contributed by atoms with Crippen molar-refractivity contribution in [2.24, 2.45) is 5.41 Å². The molecule has 0 aromatic heterocycles. The summed E-state index contributed by atoms with van der Waals surface area (Å²) in [5.74, 6) is 0.876. The van der Waals surface area contributed by atoms with Crippen LogP contribution in [0.1, 0.15) is 29.6 Å². The van der Waals surface area contributed by atoms with Gasteiger partial charge < -0.3 is 19.1 Å². The van der Waals surface area contributed by atoms with Gasteiger partial charge in [-0.1, -0.05) is 0 Å². The maximum absolute atomic E-state index is 12.6. The first-order valence-corrected chi connectivity index (χ1v) is 8.20. The third kappa shape index (κ3) is 3.51. The molecule has 0 N–H and O–H groups in total. The van der Waals surface area contributed by atoms with Gasteiger partial charge in [0.25, 0.3) is 5.91 Å². The molecule has 5 heteroatoms. The summed E-state index contributed by atoms with van der Waals surface area (Å²) < 4.78 is 16.2. The minimum absolute atomic E-state index is 0.106. The van der Waals surface area contributed by atoms with Gasteiger partial charge in [0, 0.05) is 25.8 Å². The number of benzene rings is 1. The zero-order chi connectivity index (χ0) is 16.3. The van der Waals surface area contributed by atoms with Crippen LogP contribution in [0.5, 0.6) is 5.75 Å². The second kappa shape index (κ2) is 6.89. The number of methoxy groups -OCH3 is 2. The average molecular weight is 319 g/mol. The molecule has 23 heavy (non-hydrogen) atoms. The molecule has 1 aromatic carbocycles. The monoisotopic (exact) mass is 319 g/mol. The van der Waals surface area contributed by atoms with Gasteiger partial charge in [0.05, 0.1) is 26.4 Å². The third-order valence-electron chi connectivity index (χ3n) is 5.09. The van der Waals surface area contributed by atoms with Gasteiger partial charge in [0.2, 0.25) is 0 Å². The largest absolute Gasteiger partial charge is 0.497 e. The fourth-order valence-corrected chi connectivity index (χ4v) is 3.64. The van der Waals surface area contributed by atoms with E-state index in [2.05, 4.69) is 0 Å². The number of amides is 1. The topological polar surface area (TPSA) is 48.0 Å². The van der Waals surface area contributed by atoms with E-state index in [0.29, 0.717) is 6.61 Å². The van der Waals surface area contributed by atoms with Gasteiger partial charge in [-0.25, -0.2) is 0 Å². The van der Waals surface area contributed by atoms with Crippen LogP contribution in [0.2, 0.25) is 0 Å². The molecular formula is C18H25NO4. The third-order valence-corrected chi connectivity index (χ3v) is 5.09. The standard InChI is InChI=1S/C18H25NO4/c1-21-12-16-11-18(13-23-16)7-9-19(10-8-18)17(20)14-3-5-15(22-2)6-4-14/h3-6,16H,7-13H2,1-2H3/t16-/m0/s1. The Morgan fingerprint density at radius 2 is 1.96 bits per heavy atom. The molecule has 1 atom stereocenters. The highest BCUT2D eigenvalue weighted by atomic mass is 16.5. The Hall–Kier alpha value is -1.59. The molecule has 2 aliphatic heterocycles. The number of carbonyl (C=O) groups excluding carboxylic acids is 1. The summed E-state index contributed by atoms with van der Waals surface area (Å²) in [4.78, 5) is 14.6. The molecule has 2 fully saturated rings. The van der Waals surface area contributed by atoms with Crippen molar-refractivity contribution < 1.29 is 19.0 Å². The molecule has 3 rings (SSSR count). The van der Waals surface area contributed by atoms with Crippen molar-refractivity contribution >= 4 is 5.91 Å². The van der Waals surface area contributed by atoms with Crippen LogP contribution in [-0.2, 0) is 9.47 Å². The van der Waals surface area contributed by atoms with Gasteiger partial charge in [-0.2, -0.15) is 0 Å². The summed E-state index contributed by atoms with van der Waals surface area (Å²) in [7, 11) is 3.34. The van der Waals surface area contributed by atoms with Crippen molar-refractivity contribution in [2.75, 3.05) is 40.5 Å². The summed E-state index contributed by atoms with van der Waals surface area (Å²) in [6.45, 7) is 3.06. The number of ether oxygens (including phenoxy) is 3. The zero-order valence-electron chi connectivity index (χ0n) is 13.9. The van der Waals surface area contributed by atoms with Gasteiger partial charge in [-0.05, 0) is 48.9 Å². The van der Waals surface area contributed by atoms with E-state index in [-0.39, 0.29) is 17.4 Å². The first-order chi connectivity index (χ1) is 11.2. The number of carbonyl (C=O) groups is 1. The lowest BCUT2D eigenvalue weighted by Crippen LogP contribution is -2.43. The van der Waals surface area contributed by atoms with Crippen molar-refractivity contribution in [1.82, 2.24) is 4.90 Å². The molecule has 0 aliphatic carbocycles. The van der Waals surface area contributed by atoms with Gasteiger partial charge in [-0.3, -0.25) is 4.79 Å². The molecule has 2 saturated heterocycles. The zero-order valence-corrected chi connectivity index (χ0v) is 13.9. The van der Waals surface area contributed by atoms with E-state index in [1.165, 1.54) is 0 Å². The van der Waals surface area contributed by atoms with Gasteiger partial charge >= 0.3 is 0 Å². The van der Waals surface area contributed by atoms with Gasteiger partial charge in [-0.15, -0.1) is 0 Å². The quantitative estimate of drug-likeness (QED) is 0.855. The highest BCUT2D eigenvalue weighted by Crippen LogP contribution is 2.42. The number of hydrogen-bond donors (Lipinski definition) is 0. The van der Waals surface area contributed by atoms with Crippen LogP contribution in [0.25, 0.3) is 0 Å². The van der Waals surface area contributed by atoms with E-state index in [1.54, 1.807) is 14.2 Å². The van der Waals surface area contributed by atoms with Crippen LogP contribution in [0.15, 0.2) is 24.3 Å². The fourth-order valence-electron chi connectivity index (χ4n) is 3.64. The SMILES string of the molecule is COC[C@@H]1CC2(CCN(C(=O)c3ccc(OC)cc3)CC2)CO1. The van der Waals surface area contributed by atoms with Crippen molar-refractivity contribution in [1.29, 1.82) is 0 Å². The smallest absolute Gasteiger partial charge is 0.253 e.